The Bertz CT molecular complexity index is 1220. The second kappa shape index (κ2) is 9.96. The molecule has 1 aromatic carbocycles. The highest BCUT2D eigenvalue weighted by molar-refractivity contribution is 7.10. The number of primary amides is 1. The molecule has 1 atom stereocenters. The molecule has 11 heteroatoms. The number of hydrogen-bond donors (Lipinski definition) is 4. The Labute approximate surface area is 207 Å². The molecule has 1 unspecified atom stereocenters. The highest BCUT2D eigenvalue weighted by atomic mass is 32.1. The van der Waals surface area contributed by atoms with E-state index in [2.05, 4.69) is 25.0 Å². The van der Waals surface area contributed by atoms with Gasteiger partial charge in [0.1, 0.15) is 10.8 Å². The van der Waals surface area contributed by atoms with Crippen LogP contribution in [-0.4, -0.2) is 50.4 Å². The van der Waals surface area contributed by atoms with E-state index >= 15 is 0 Å². The minimum atomic E-state index is -0.962. The Balaban J connectivity index is 1.47. The third-order valence-corrected chi connectivity index (χ3v) is 6.59. The molecule has 0 radical (unpaired) electrons. The Kier molecular flexibility index (Phi) is 6.99. The van der Waals surface area contributed by atoms with Crippen molar-refractivity contribution >= 4 is 40.0 Å². The molecule has 0 bridgehead atoms. The molecule has 4 rings (SSSR count). The van der Waals surface area contributed by atoms with E-state index in [9.17, 15) is 14.7 Å². The van der Waals surface area contributed by atoms with Gasteiger partial charge in [0, 0.05) is 24.7 Å². The van der Waals surface area contributed by atoms with E-state index in [4.69, 9.17) is 5.73 Å². The number of aromatic nitrogens is 3. The summed E-state index contributed by atoms with van der Waals surface area (Å²) >= 11 is 1.26. The fraction of sp³-hybridized carbons (Fsp3) is 0.375. The lowest BCUT2D eigenvalue weighted by Gasteiger charge is -2.34. The number of anilines is 3. The first kappa shape index (κ1) is 24.6. The number of hydrogen-bond acceptors (Lipinski definition) is 9. The minimum Gasteiger partial charge on any atom is -0.386 e. The first-order chi connectivity index (χ1) is 16.6. The van der Waals surface area contributed by atoms with Crippen LogP contribution in [0.15, 0.2) is 36.5 Å². The standard InChI is InChI=1S/C24H29N7O3S/c1-14-11-19(35-30-14)29-22-20(21(25)32)26-12-18(28-22)31-10-4-5-17(13-31)27-23(33)15-6-8-16(9-7-15)24(2,3)34/h6-9,11-12,17,34H,4-5,10,13H2,1-3H3,(H2,25,32)(H,27,33)(H,28,29). The lowest BCUT2D eigenvalue weighted by molar-refractivity contribution is 0.0783. The molecule has 0 aliphatic carbocycles. The van der Waals surface area contributed by atoms with Crippen molar-refractivity contribution in [3.8, 4) is 0 Å². The van der Waals surface area contributed by atoms with Crippen molar-refractivity contribution in [2.45, 2.75) is 45.3 Å². The van der Waals surface area contributed by atoms with Gasteiger partial charge < -0.3 is 26.4 Å². The number of aryl methyl sites for hydroxylation is 1. The molecular formula is C24H29N7O3S. The summed E-state index contributed by atoms with van der Waals surface area (Å²) in [5.74, 6) is 0.0216. The molecule has 2 aromatic heterocycles. The molecule has 1 saturated heterocycles. The van der Waals surface area contributed by atoms with Crippen LogP contribution in [0.5, 0.6) is 0 Å². The second-order valence-electron chi connectivity index (χ2n) is 9.14. The van der Waals surface area contributed by atoms with Crippen LogP contribution >= 0.6 is 11.5 Å². The Morgan fingerprint density at radius 1 is 1.26 bits per heavy atom. The Morgan fingerprint density at radius 3 is 2.63 bits per heavy atom. The molecule has 184 valence electrons. The number of amides is 2. The van der Waals surface area contributed by atoms with Gasteiger partial charge in [-0.3, -0.25) is 9.59 Å². The minimum absolute atomic E-state index is 0.0520. The monoisotopic (exact) mass is 495 g/mol. The summed E-state index contributed by atoms with van der Waals surface area (Å²) in [4.78, 5) is 35.6. The highest BCUT2D eigenvalue weighted by Gasteiger charge is 2.25. The molecule has 35 heavy (non-hydrogen) atoms. The van der Waals surface area contributed by atoms with E-state index in [0.717, 1.165) is 35.6 Å². The van der Waals surface area contributed by atoms with Gasteiger partial charge in [-0.2, -0.15) is 4.37 Å². The van der Waals surface area contributed by atoms with E-state index in [-0.39, 0.29) is 23.5 Å². The van der Waals surface area contributed by atoms with Gasteiger partial charge in [0.25, 0.3) is 11.8 Å². The number of nitrogens with two attached hydrogens (primary N) is 1. The zero-order valence-corrected chi connectivity index (χ0v) is 20.7. The zero-order valence-electron chi connectivity index (χ0n) is 19.9. The largest absolute Gasteiger partial charge is 0.386 e. The van der Waals surface area contributed by atoms with Gasteiger partial charge in [-0.05, 0) is 68.9 Å². The first-order valence-corrected chi connectivity index (χ1v) is 12.1. The summed E-state index contributed by atoms with van der Waals surface area (Å²) < 4.78 is 4.23. The van der Waals surface area contributed by atoms with Crippen LogP contribution < -0.4 is 21.3 Å². The van der Waals surface area contributed by atoms with Crippen molar-refractivity contribution in [1.29, 1.82) is 0 Å². The zero-order chi connectivity index (χ0) is 25.2. The molecule has 2 amide bonds. The van der Waals surface area contributed by atoms with Crippen LogP contribution in [0.25, 0.3) is 0 Å². The molecule has 0 saturated carbocycles. The van der Waals surface area contributed by atoms with Gasteiger partial charge in [-0.15, -0.1) is 0 Å². The SMILES string of the molecule is Cc1cc(Nc2nc(N3CCCC(NC(=O)c4ccc(C(C)(C)O)cc4)C3)cnc2C(N)=O)sn1. The van der Waals surface area contributed by atoms with Gasteiger partial charge in [-0.25, -0.2) is 9.97 Å². The summed E-state index contributed by atoms with van der Waals surface area (Å²) in [7, 11) is 0. The van der Waals surface area contributed by atoms with Gasteiger partial charge >= 0.3 is 0 Å². The maximum absolute atomic E-state index is 12.8. The van der Waals surface area contributed by atoms with Gasteiger partial charge in [-0.1, -0.05) is 12.1 Å². The average molecular weight is 496 g/mol. The van der Waals surface area contributed by atoms with Crippen LogP contribution in [0.2, 0.25) is 0 Å². The molecule has 3 aromatic rings. The van der Waals surface area contributed by atoms with E-state index in [1.165, 1.54) is 17.7 Å². The number of rotatable bonds is 7. The summed E-state index contributed by atoms with van der Waals surface area (Å²) in [6.07, 6.45) is 3.23. The average Bonchev–Trinajstić information content (AvgIpc) is 3.23. The predicted molar refractivity (Wildman–Crippen MR) is 135 cm³/mol. The maximum Gasteiger partial charge on any atom is 0.271 e. The summed E-state index contributed by atoms with van der Waals surface area (Å²) in [5, 5.41) is 17.0. The van der Waals surface area contributed by atoms with Crippen molar-refractivity contribution in [2.24, 2.45) is 5.73 Å². The first-order valence-electron chi connectivity index (χ1n) is 11.4. The summed E-state index contributed by atoms with van der Waals surface area (Å²) in [5.41, 5.74) is 6.72. The third kappa shape index (κ3) is 5.92. The number of carbonyl (C=O) groups excluding carboxylic acids is 2. The van der Waals surface area contributed by atoms with Crippen molar-refractivity contribution in [1.82, 2.24) is 19.7 Å². The molecule has 3 heterocycles. The molecule has 1 aliphatic heterocycles. The normalized spacial score (nSPS) is 16.1. The topological polar surface area (TPSA) is 146 Å². The number of benzene rings is 1. The van der Waals surface area contributed by atoms with Crippen LogP contribution in [0, 0.1) is 6.92 Å². The van der Waals surface area contributed by atoms with E-state index in [0.29, 0.717) is 17.9 Å². The van der Waals surface area contributed by atoms with Crippen LogP contribution in [0.1, 0.15) is 58.8 Å². The van der Waals surface area contributed by atoms with E-state index in [1.54, 1.807) is 38.1 Å². The number of nitrogens with one attached hydrogen (secondary N) is 2. The van der Waals surface area contributed by atoms with Crippen molar-refractivity contribution in [3.05, 3.63) is 59.0 Å². The van der Waals surface area contributed by atoms with Gasteiger partial charge in [0.2, 0.25) is 0 Å². The van der Waals surface area contributed by atoms with E-state index in [1.807, 2.05) is 17.9 Å². The third-order valence-electron chi connectivity index (χ3n) is 5.80. The fourth-order valence-electron chi connectivity index (χ4n) is 3.94. The molecular weight excluding hydrogens is 466 g/mol. The smallest absolute Gasteiger partial charge is 0.271 e. The molecule has 5 N–H and O–H groups in total. The van der Waals surface area contributed by atoms with Gasteiger partial charge in [0.05, 0.1) is 17.5 Å². The van der Waals surface area contributed by atoms with Crippen LogP contribution in [0.4, 0.5) is 16.6 Å². The lowest BCUT2D eigenvalue weighted by Crippen LogP contribution is -2.48. The highest BCUT2D eigenvalue weighted by Crippen LogP contribution is 2.26. The Morgan fingerprint density at radius 2 is 2.00 bits per heavy atom. The van der Waals surface area contributed by atoms with Crippen LogP contribution in [-0.2, 0) is 5.60 Å². The molecule has 1 aliphatic rings. The predicted octanol–water partition coefficient (Wildman–Crippen LogP) is 2.71. The number of piperidine rings is 1. The van der Waals surface area contributed by atoms with Crippen molar-refractivity contribution in [2.75, 3.05) is 23.3 Å². The molecule has 0 spiro atoms. The fourth-order valence-corrected chi connectivity index (χ4v) is 4.60. The van der Waals surface area contributed by atoms with E-state index < -0.39 is 11.5 Å². The quantitative estimate of drug-likeness (QED) is 0.391. The summed E-state index contributed by atoms with van der Waals surface area (Å²) in [6, 6.07) is 8.73. The van der Waals surface area contributed by atoms with Gasteiger partial charge in [0.15, 0.2) is 11.5 Å². The lowest BCUT2D eigenvalue weighted by atomic mass is 9.97. The van der Waals surface area contributed by atoms with Crippen molar-refractivity contribution < 1.29 is 14.7 Å². The Hall–Kier alpha value is -3.57. The maximum atomic E-state index is 12.8. The number of aliphatic hydroxyl groups is 1. The van der Waals surface area contributed by atoms with Crippen molar-refractivity contribution in [3.63, 3.8) is 0 Å². The second-order valence-corrected chi connectivity index (χ2v) is 9.95. The molecule has 1 fully saturated rings. The number of carbonyl (C=O) groups is 2. The van der Waals surface area contributed by atoms with Crippen LogP contribution in [0.3, 0.4) is 0 Å². The summed E-state index contributed by atoms with van der Waals surface area (Å²) in [6.45, 7) is 6.59. The number of nitrogens with zero attached hydrogens (tertiary/aromatic N) is 4. The molecule has 10 nitrogen and oxygen atoms in total.